The van der Waals surface area contributed by atoms with E-state index in [-0.39, 0.29) is 0 Å². The summed E-state index contributed by atoms with van der Waals surface area (Å²) in [4.78, 5) is 3.71. The Kier molecular flexibility index (Phi) is 5.32. The van der Waals surface area contributed by atoms with Crippen LogP contribution in [0, 0.1) is 0 Å². The molecule has 0 amide bonds. The van der Waals surface area contributed by atoms with E-state index in [2.05, 4.69) is 31.2 Å². The molecule has 0 spiro atoms. The predicted octanol–water partition coefficient (Wildman–Crippen LogP) is 0.865. The maximum Gasteiger partial charge on any atom is 0.127 e. The molecule has 2 aliphatic rings. The van der Waals surface area contributed by atoms with Crippen LogP contribution in [0.5, 0.6) is 0 Å². The third kappa shape index (κ3) is 4.08. The zero-order valence-corrected chi connectivity index (χ0v) is 13.7. The molecule has 1 saturated heterocycles. The average molecular weight is 288 g/mol. The highest BCUT2D eigenvalue weighted by molar-refractivity contribution is 5.21. The summed E-state index contributed by atoms with van der Waals surface area (Å²) >= 11 is 0. The number of hydrogen-bond acceptors (Lipinski definition) is 0. The summed E-state index contributed by atoms with van der Waals surface area (Å²) in [5.41, 5.74) is 2.98. The van der Waals surface area contributed by atoms with Gasteiger partial charge in [-0.05, 0) is 37.7 Å². The summed E-state index contributed by atoms with van der Waals surface area (Å²) in [6.07, 6.45) is 8.57. The number of quaternary nitrogens is 2. The number of piperazine rings is 1. The molecule has 1 aromatic carbocycles. The molecule has 1 aromatic rings. The molecular weight excluding hydrogens is 256 g/mol. The van der Waals surface area contributed by atoms with E-state index < -0.39 is 0 Å². The Bertz CT molecular complexity index is 412. The van der Waals surface area contributed by atoms with Crippen molar-refractivity contribution in [2.24, 2.45) is 0 Å². The predicted molar refractivity (Wildman–Crippen MR) is 87.8 cm³/mol. The zero-order valence-electron chi connectivity index (χ0n) is 13.7. The molecule has 1 aliphatic carbocycles. The van der Waals surface area contributed by atoms with Gasteiger partial charge in [0.15, 0.2) is 0 Å². The van der Waals surface area contributed by atoms with Crippen molar-refractivity contribution in [3.05, 3.63) is 35.4 Å². The highest BCUT2D eigenvalue weighted by atomic mass is 15.3. The summed E-state index contributed by atoms with van der Waals surface area (Å²) in [6, 6.07) is 10.3. The van der Waals surface area contributed by atoms with Gasteiger partial charge in [-0.1, -0.05) is 37.6 Å². The van der Waals surface area contributed by atoms with Crippen molar-refractivity contribution in [3.63, 3.8) is 0 Å². The number of hydrogen-bond donors (Lipinski definition) is 2. The average Bonchev–Trinajstić information content (AvgIpc) is 2.57. The van der Waals surface area contributed by atoms with Gasteiger partial charge in [-0.3, -0.25) is 0 Å². The number of benzene rings is 1. The first-order chi connectivity index (χ1) is 10.3. The van der Waals surface area contributed by atoms with Crippen LogP contribution in [0.4, 0.5) is 0 Å². The molecule has 0 aromatic heterocycles. The van der Waals surface area contributed by atoms with Gasteiger partial charge in [0.1, 0.15) is 32.7 Å². The lowest BCUT2D eigenvalue weighted by atomic mass is 9.94. The van der Waals surface area contributed by atoms with Crippen molar-refractivity contribution in [2.75, 3.05) is 26.2 Å². The summed E-state index contributed by atoms with van der Waals surface area (Å²) in [6.45, 7) is 8.97. The fourth-order valence-electron chi connectivity index (χ4n) is 4.20. The van der Waals surface area contributed by atoms with Crippen molar-refractivity contribution < 1.29 is 9.80 Å². The fourth-order valence-corrected chi connectivity index (χ4v) is 4.20. The molecule has 2 fully saturated rings. The van der Waals surface area contributed by atoms with Crippen molar-refractivity contribution in [2.45, 2.75) is 58.0 Å². The van der Waals surface area contributed by atoms with Crippen LogP contribution in [-0.4, -0.2) is 32.2 Å². The van der Waals surface area contributed by atoms with Crippen molar-refractivity contribution in [3.8, 4) is 0 Å². The highest BCUT2D eigenvalue weighted by Crippen LogP contribution is 2.15. The molecule has 2 heteroatoms. The molecule has 116 valence electrons. The van der Waals surface area contributed by atoms with E-state index in [1.54, 1.807) is 4.90 Å². The molecule has 1 aliphatic heterocycles. The Balaban J connectivity index is 1.46. The smallest absolute Gasteiger partial charge is 0.127 e. The van der Waals surface area contributed by atoms with E-state index in [4.69, 9.17) is 0 Å². The second-order valence-corrected chi connectivity index (χ2v) is 7.09. The van der Waals surface area contributed by atoms with Crippen LogP contribution in [0.3, 0.4) is 0 Å². The molecule has 0 atom stereocenters. The van der Waals surface area contributed by atoms with Gasteiger partial charge in [0.2, 0.25) is 0 Å². The van der Waals surface area contributed by atoms with E-state index in [1.807, 2.05) is 4.90 Å². The molecule has 1 saturated carbocycles. The molecule has 2 nitrogen and oxygen atoms in total. The molecule has 21 heavy (non-hydrogen) atoms. The minimum atomic E-state index is 0.990. The topological polar surface area (TPSA) is 8.88 Å². The van der Waals surface area contributed by atoms with Crippen molar-refractivity contribution >= 4 is 0 Å². The number of aryl methyl sites for hydroxylation is 1. The van der Waals surface area contributed by atoms with E-state index in [0.717, 1.165) is 12.5 Å². The van der Waals surface area contributed by atoms with Crippen LogP contribution in [0.25, 0.3) is 0 Å². The number of rotatable bonds is 4. The Labute approximate surface area is 130 Å². The first kappa shape index (κ1) is 15.1. The maximum absolute atomic E-state index is 2.34. The lowest BCUT2D eigenvalue weighted by Gasteiger charge is -2.36. The standard InChI is InChI=1S/C19H30N2/c1-2-17-8-10-18(11-9-17)16-20-12-14-21(15-13-20)19-6-4-3-5-7-19/h8-11,19H,2-7,12-16H2,1H3/p+2. The van der Waals surface area contributed by atoms with Crippen LogP contribution < -0.4 is 9.80 Å². The van der Waals surface area contributed by atoms with Crippen molar-refractivity contribution in [1.29, 1.82) is 0 Å². The van der Waals surface area contributed by atoms with E-state index in [0.29, 0.717) is 0 Å². The summed E-state index contributed by atoms with van der Waals surface area (Å²) < 4.78 is 0. The highest BCUT2D eigenvalue weighted by Gasteiger charge is 2.30. The van der Waals surface area contributed by atoms with E-state index in [9.17, 15) is 0 Å². The first-order valence-electron chi connectivity index (χ1n) is 9.11. The third-order valence-corrected chi connectivity index (χ3v) is 5.67. The van der Waals surface area contributed by atoms with Gasteiger partial charge >= 0.3 is 0 Å². The van der Waals surface area contributed by atoms with Gasteiger partial charge in [0.25, 0.3) is 0 Å². The molecule has 0 unspecified atom stereocenters. The second kappa shape index (κ2) is 7.42. The monoisotopic (exact) mass is 288 g/mol. The lowest BCUT2D eigenvalue weighted by molar-refractivity contribution is -1.03. The Morgan fingerprint density at radius 2 is 1.48 bits per heavy atom. The largest absolute Gasteiger partial charge is 0.323 e. The normalized spacial score (nSPS) is 27.7. The Morgan fingerprint density at radius 1 is 0.857 bits per heavy atom. The van der Waals surface area contributed by atoms with Gasteiger partial charge in [0, 0.05) is 5.56 Å². The van der Waals surface area contributed by atoms with E-state index in [1.165, 1.54) is 76.0 Å². The van der Waals surface area contributed by atoms with Crippen LogP contribution in [0.1, 0.15) is 50.2 Å². The van der Waals surface area contributed by atoms with Gasteiger partial charge in [-0.2, -0.15) is 0 Å². The summed E-state index contributed by atoms with van der Waals surface area (Å²) in [7, 11) is 0. The van der Waals surface area contributed by atoms with Crippen LogP contribution in [0.2, 0.25) is 0 Å². The molecule has 0 bridgehead atoms. The van der Waals surface area contributed by atoms with Crippen LogP contribution in [0.15, 0.2) is 24.3 Å². The maximum atomic E-state index is 2.34. The number of nitrogens with one attached hydrogen (secondary N) is 2. The summed E-state index contributed by atoms with van der Waals surface area (Å²) in [5, 5.41) is 0. The zero-order chi connectivity index (χ0) is 14.5. The first-order valence-corrected chi connectivity index (χ1v) is 9.11. The Hall–Kier alpha value is -0.860. The second-order valence-electron chi connectivity index (χ2n) is 7.09. The Morgan fingerprint density at radius 3 is 2.10 bits per heavy atom. The molecule has 1 heterocycles. The van der Waals surface area contributed by atoms with Crippen molar-refractivity contribution in [1.82, 2.24) is 0 Å². The minimum Gasteiger partial charge on any atom is -0.323 e. The van der Waals surface area contributed by atoms with Crippen LogP contribution in [-0.2, 0) is 13.0 Å². The van der Waals surface area contributed by atoms with Crippen LogP contribution >= 0.6 is 0 Å². The molecule has 0 radical (unpaired) electrons. The molecular formula is C19H32N2+2. The minimum absolute atomic E-state index is 0.990. The molecule has 2 N–H and O–H groups in total. The summed E-state index contributed by atoms with van der Waals surface area (Å²) in [5.74, 6) is 0. The van der Waals surface area contributed by atoms with Gasteiger partial charge in [0.05, 0.1) is 6.04 Å². The van der Waals surface area contributed by atoms with Gasteiger partial charge in [-0.15, -0.1) is 0 Å². The molecule has 3 rings (SSSR count). The SMILES string of the molecule is CCc1ccc(C[NH+]2CC[NH+](C3CCCCC3)CC2)cc1. The quantitative estimate of drug-likeness (QED) is 0.813. The third-order valence-electron chi connectivity index (χ3n) is 5.67. The van der Waals surface area contributed by atoms with Gasteiger partial charge < -0.3 is 9.80 Å². The fraction of sp³-hybridized carbons (Fsp3) is 0.684. The lowest BCUT2D eigenvalue weighted by Crippen LogP contribution is -3.29. The van der Waals surface area contributed by atoms with E-state index >= 15 is 0 Å². The van der Waals surface area contributed by atoms with Gasteiger partial charge in [-0.25, -0.2) is 0 Å².